The number of carbonyl (C=O) groups excluding carboxylic acids is 1. The number of rotatable bonds is 5. The molecule has 1 unspecified atom stereocenters. The van der Waals surface area contributed by atoms with Crippen molar-refractivity contribution in [1.29, 1.82) is 0 Å². The average molecular weight is 395 g/mol. The quantitative estimate of drug-likeness (QED) is 0.694. The number of carbonyl (C=O) groups is 2. The van der Waals surface area contributed by atoms with Crippen LogP contribution in [0.1, 0.15) is 11.4 Å². The summed E-state index contributed by atoms with van der Waals surface area (Å²) in [6.45, 7) is 1.72. The molecular formula is C21H21N3O3S. The normalized spacial score (nSPS) is 17.0. The molecular weight excluding hydrogens is 374 g/mol. The SMILES string of the molecule is O=C(O)CC1CNCCN1C(=O)Cc1nc2ccc(-c3ccccc3)cc2s1. The molecule has 1 aliphatic heterocycles. The van der Waals surface area contributed by atoms with Crippen LogP contribution >= 0.6 is 11.3 Å². The first-order valence-electron chi connectivity index (χ1n) is 9.27. The number of hydrogen-bond acceptors (Lipinski definition) is 5. The molecule has 144 valence electrons. The van der Waals surface area contributed by atoms with Crippen molar-refractivity contribution >= 4 is 33.4 Å². The van der Waals surface area contributed by atoms with E-state index >= 15 is 0 Å². The number of nitrogens with zero attached hydrogens (tertiary/aromatic N) is 2. The van der Waals surface area contributed by atoms with Crippen molar-refractivity contribution in [1.82, 2.24) is 15.2 Å². The Bertz CT molecular complexity index is 1000. The molecule has 0 saturated carbocycles. The average Bonchev–Trinajstić information content (AvgIpc) is 3.10. The van der Waals surface area contributed by atoms with E-state index in [1.807, 2.05) is 30.3 Å². The minimum Gasteiger partial charge on any atom is -0.481 e. The van der Waals surface area contributed by atoms with E-state index in [-0.39, 0.29) is 24.8 Å². The highest BCUT2D eigenvalue weighted by Crippen LogP contribution is 2.28. The number of benzene rings is 2. The van der Waals surface area contributed by atoms with Gasteiger partial charge < -0.3 is 15.3 Å². The molecule has 2 N–H and O–H groups in total. The Morgan fingerprint density at radius 3 is 2.79 bits per heavy atom. The summed E-state index contributed by atoms with van der Waals surface area (Å²) in [5, 5.41) is 13.0. The number of fused-ring (bicyclic) bond motifs is 1. The summed E-state index contributed by atoms with van der Waals surface area (Å²) in [6, 6.07) is 16.0. The number of carboxylic acid groups (broad SMARTS) is 1. The van der Waals surface area contributed by atoms with Gasteiger partial charge in [0.05, 0.1) is 29.1 Å². The van der Waals surface area contributed by atoms with Crippen LogP contribution in [-0.2, 0) is 16.0 Å². The van der Waals surface area contributed by atoms with Gasteiger partial charge in [-0.1, -0.05) is 36.4 Å². The van der Waals surface area contributed by atoms with Gasteiger partial charge in [0.25, 0.3) is 0 Å². The highest BCUT2D eigenvalue weighted by atomic mass is 32.1. The van der Waals surface area contributed by atoms with Gasteiger partial charge in [-0.15, -0.1) is 11.3 Å². The van der Waals surface area contributed by atoms with Gasteiger partial charge in [0.2, 0.25) is 5.91 Å². The number of carboxylic acids is 1. The topological polar surface area (TPSA) is 82.5 Å². The first kappa shape index (κ1) is 18.6. The molecule has 0 bridgehead atoms. The van der Waals surface area contributed by atoms with Crippen LogP contribution in [0.2, 0.25) is 0 Å². The van der Waals surface area contributed by atoms with Crippen molar-refractivity contribution in [3.63, 3.8) is 0 Å². The molecule has 2 heterocycles. The first-order valence-corrected chi connectivity index (χ1v) is 10.1. The van der Waals surface area contributed by atoms with Crippen molar-refractivity contribution in [2.24, 2.45) is 0 Å². The van der Waals surface area contributed by atoms with E-state index in [1.165, 1.54) is 11.3 Å². The Morgan fingerprint density at radius 1 is 1.18 bits per heavy atom. The van der Waals surface area contributed by atoms with Gasteiger partial charge in [-0.05, 0) is 23.3 Å². The van der Waals surface area contributed by atoms with Gasteiger partial charge >= 0.3 is 5.97 Å². The zero-order valence-electron chi connectivity index (χ0n) is 15.3. The molecule has 7 heteroatoms. The summed E-state index contributed by atoms with van der Waals surface area (Å²) in [6.07, 6.45) is 0.162. The maximum atomic E-state index is 12.8. The molecule has 1 aliphatic rings. The van der Waals surface area contributed by atoms with Crippen LogP contribution < -0.4 is 5.32 Å². The van der Waals surface area contributed by atoms with Gasteiger partial charge in [0, 0.05) is 19.6 Å². The highest BCUT2D eigenvalue weighted by molar-refractivity contribution is 7.18. The zero-order valence-corrected chi connectivity index (χ0v) is 16.1. The number of hydrogen-bond donors (Lipinski definition) is 2. The van der Waals surface area contributed by atoms with Gasteiger partial charge in [-0.2, -0.15) is 0 Å². The number of amides is 1. The Morgan fingerprint density at radius 2 is 2.00 bits per heavy atom. The van der Waals surface area contributed by atoms with Crippen LogP contribution in [0.15, 0.2) is 48.5 Å². The number of piperazine rings is 1. The van der Waals surface area contributed by atoms with E-state index in [9.17, 15) is 9.59 Å². The van der Waals surface area contributed by atoms with Crippen LogP contribution in [0.4, 0.5) is 0 Å². The molecule has 1 amide bonds. The summed E-state index contributed by atoms with van der Waals surface area (Å²) in [5.74, 6) is -0.949. The monoisotopic (exact) mass is 395 g/mol. The molecule has 1 atom stereocenters. The lowest BCUT2D eigenvalue weighted by Crippen LogP contribution is -2.54. The second-order valence-electron chi connectivity index (χ2n) is 6.88. The van der Waals surface area contributed by atoms with E-state index in [1.54, 1.807) is 4.90 Å². The van der Waals surface area contributed by atoms with E-state index < -0.39 is 5.97 Å². The number of aromatic nitrogens is 1. The molecule has 28 heavy (non-hydrogen) atoms. The summed E-state index contributed by atoms with van der Waals surface area (Å²) >= 11 is 1.52. The maximum Gasteiger partial charge on any atom is 0.305 e. The fourth-order valence-corrected chi connectivity index (χ4v) is 4.56. The van der Waals surface area contributed by atoms with Crippen molar-refractivity contribution in [3.05, 3.63) is 53.5 Å². The molecule has 3 aromatic rings. The summed E-state index contributed by atoms with van der Waals surface area (Å²) in [4.78, 5) is 30.2. The Balaban J connectivity index is 1.52. The molecule has 1 aromatic heterocycles. The second kappa shape index (κ2) is 8.08. The third-order valence-corrected chi connectivity index (χ3v) is 5.94. The van der Waals surface area contributed by atoms with Crippen molar-refractivity contribution in [2.45, 2.75) is 18.9 Å². The van der Waals surface area contributed by atoms with Crippen LogP contribution in [-0.4, -0.2) is 52.5 Å². The van der Waals surface area contributed by atoms with Gasteiger partial charge in [0.15, 0.2) is 0 Å². The summed E-state index contributed by atoms with van der Waals surface area (Å²) in [5.41, 5.74) is 3.15. The van der Waals surface area contributed by atoms with Crippen molar-refractivity contribution < 1.29 is 14.7 Å². The molecule has 1 fully saturated rings. The largest absolute Gasteiger partial charge is 0.481 e. The van der Waals surface area contributed by atoms with Gasteiger partial charge in [0.1, 0.15) is 5.01 Å². The van der Waals surface area contributed by atoms with E-state index in [0.717, 1.165) is 26.4 Å². The Kier molecular flexibility index (Phi) is 5.36. The minimum atomic E-state index is -0.889. The fraction of sp³-hybridized carbons (Fsp3) is 0.286. The molecule has 4 rings (SSSR count). The lowest BCUT2D eigenvalue weighted by molar-refractivity contribution is -0.141. The molecule has 2 aromatic carbocycles. The Labute approximate surface area is 166 Å². The zero-order chi connectivity index (χ0) is 19.5. The molecule has 0 aliphatic carbocycles. The molecule has 0 spiro atoms. The minimum absolute atomic E-state index is 0.0426. The van der Waals surface area contributed by atoms with Crippen molar-refractivity contribution in [2.75, 3.05) is 19.6 Å². The predicted octanol–water partition coefficient (Wildman–Crippen LogP) is 2.78. The van der Waals surface area contributed by atoms with Crippen LogP contribution in [0.5, 0.6) is 0 Å². The Hall–Kier alpha value is -2.77. The number of thiazole rings is 1. The standard InChI is InChI=1S/C21H21N3O3S/c25-20(24-9-8-22-13-16(24)11-21(26)27)12-19-23-17-7-6-15(10-18(17)28-19)14-4-2-1-3-5-14/h1-7,10,16,22H,8-9,11-13H2,(H,26,27). The number of aliphatic carboxylic acids is 1. The predicted molar refractivity (Wildman–Crippen MR) is 109 cm³/mol. The maximum absolute atomic E-state index is 12.8. The third-order valence-electron chi connectivity index (χ3n) is 4.92. The van der Waals surface area contributed by atoms with Crippen LogP contribution in [0.3, 0.4) is 0 Å². The van der Waals surface area contributed by atoms with Gasteiger partial charge in [-0.3, -0.25) is 9.59 Å². The lowest BCUT2D eigenvalue weighted by atomic mass is 10.1. The van der Waals surface area contributed by atoms with Crippen LogP contribution in [0, 0.1) is 0 Å². The van der Waals surface area contributed by atoms with Crippen molar-refractivity contribution in [3.8, 4) is 11.1 Å². The van der Waals surface area contributed by atoms with E-state index in [4.69, 9.17) is 5.11 Å². The second-order valence-corrected chi connectivity index (χ2v) is 7.99. The lowest BCUT2D eigenvalue weighted by Gasteiger charge is -2.35. The number of nitrogens with one attached hydrogen (secondary N) is 1. The molecule has 0 radical (unpaired) electrons. The first-order chi connectivity index (χ1) is 13.6. The van der Waals surface area contributed by atoms with E-state index in [2.05, 4.69) is 28.5 Å². The van der Waals surface area contributed by atoms with Gasteiger partial charge in [-0.25, -0.2) is 4.98 Å². The molecule has 6 nitrogen and oxygen atoms in total. The van der Waals surface area contributed by atoms with E-state index in [0.29, 0.717) is 19.6 Å². The summed E-state index contributed by atoms with van der Waals surface area (Å²) < 4.78 is 1.05. The third kappa shape index (κ3) is 4.05. The van der Waals surface area contributed by atoms with Crippen LogP contribution in [0.25, 0.3) is 21.3 Å². The smallest absolute Gasteiger partial charge is 0.305 e. The fourth-order valence-electron chi connectivity index (χ4n) is 3.56. The highest BCUT2D eigenvalue weighted by Gasteiger charge is 2.28. The molecule has 1 saturated heterocycles. The summed E-state index contributed by atoms with van der Waals surface area (Å²) in [7, 11) is 0.